The zero-order valence-electron chi connectivity index (χ0n) is 14.7. The molecule has 1 fully saturated rings. The molecule has 1 saturated heterocycles. The van der Waals surface area contributed by atoms with Gasteiger partial charge in [-0.05, 0) is 31.0 Å². The van der Waals surface area contributed by atoms with Crippen LogP contribution in [0.1, 0.15) is 18.4 Å². The number of piperidine rings is 1. The van der Waals surface area contributed by atoms with Gasteiger partial charge in [-0.3, -0.25) is 15.0 Å². The number of halogens is 1. The summed E-state index contributed by atoms with van der Waals surface area (Å²) in [5, 5.41) is 14.6. The van der Waals surface area contributed by atoms with Gasteiger partial charge in [0.15, 0.2) is 0 Å². The lowest BCUT2D eigenvalue weighted by atomic mass is 10.0. The Kier molecular flexibility index (Phi) is 6.11. The monoisotopic (exact) mass is 419 g/mol. The molecule has 0 aromatic heterocycles. The lowest BCUT2D eigenvalue weighted by molar-refractivity contribution is -0.384. The Morgan fingerprint density at radius 2 is 2.00 bits per heavy atom. The summed E-state index contributed by atoms with van der Waals surface area (Å²) >= 11 is 3.29. The number of ether oxygens (including phenoxy) is 1. The minimum atomic E-state index is -0.343. The second kappa shape index (κ2) is 8.51. The highest BCUT2D eigenvalue weighted by molar-refractivity contribution is 9.10. The lowest BCUT2D eigenvalue weighted by Gasteiger charge is -2.33. The van der Waals surface area contributed by atoms with Gasteiger partial charge in [-0.15, -0.1) is 0 Å². The zero-order valence-corrected chi connectivity index (χ0v) is 16.2. The fourth-order valence-corrected chi connectivity index (χ4v) is 3.66. The quantitative estimate of drug-likeness (QED) is 0.553. The van der Waals surface area contributed by atoms with Crippen molar-refractivity contribution in [3.8, 4) is 5.75 Å². The van der Waals surface area contributed by atoms with Crippen LogP contribution >= 0.6 is 15.9 Å². The predicted octanol–water partition coefficient (Wildman–Crippen LogP) is 4.44. The molecule has 2 aromatic carbocycles. The van der Waals surface area contributed by atoms with Crippen LogP contribution in [0.5, 0.6) is 5.75 Å². The van der Waals surface area contributed by atoms with Gasteiger partial charge in [0.1, 0.15) is 11.4 Å². The second-order valence-corrected chi connectivity index (χ2v) is 7.34. The molecule has 3 rings (SSSR count). The van der Waals surface area contributed by atoms with Crippen molar-refractivity contribution in [1.29, 1.82) is 0 Å². The predicted molar refractivity (Wildman–Crippen MR) is 106 cm³/mol. The summed E-state index contributed by atoms with van der Waals surface area (Å²) in [4.78, 5) is 13.3. The minimum Gasteiger partial charge on any atom is -0.496 e. The average molecular weight is 420 g/mol. The molecule has 6 nitrogen and oxygen atoms in total. The van der Waals surface area contributed by atoms with Crippen LogP contribution in [0.3, 0.4) is 0 Å². The van der Waals surface area contributed by atoms with Gasteiger partial charge in [0, 0.05) is 41.8 Å². The molecule has 0 spiro atoms. The van der Waals surface area contributed by atoms with Crippen LogP contribution in [0, 0.1) is 10.1 Å². The molecule has 0 amide bonds. The average Bonchev–Trinajstić information content (AvgIpc) is 2.65. The topological polar surface area (TPSA) is 67.6 Å². The molecular formula is C19H22BrN3O3. The van der Waals surface area contributed by atoms with Crippen molar-refractivity contribution in [1.82, 2.24) is 4.90 Å². The number of methoxy groups -OCH3 is 1. The molecular weight excluding hydrogens is 398 g/mol. The summed E-state index contributed by atoms with van der Waals surface area (Å²) in [5.74, 6) is 0.915. The van der Waals surface area contributed by atoms with Gasteiger partial charge in [0.05, 0.1) is 12.0 Å². The summed E-state index contributed by atoms with van der Waals surface area (Å²) in [6.45, 7) is 2.75. The van der Waals surface area contributed by atoms with Crippen LogP contribution in [0.4, 0.5) is 11.4 Å². The van der Waals surface area contributed by atoms with Crippen LogP contribution in [0.2, 0.25) is 0 Å². The van der Waals surface area contributed by atoms with E-state index < -0.39 is 0 Å². The molecule has 1 N–H and O–H groups in total. The second-order valence-electron chi connectivity index (χ2n) is 6.43. The molecule has 1 aliphatic heterocycles. The first-order chi connectivity index (χ1) is 12.6. The summed E-state index contributed by atoms with van der Waals surface area (Å²) in [6, 6.07) is 13.4. The Morgan fingerprint density at radius 1 is 1.27 bits per heavy atom. The van der Waals surface area contributed by atoms with E-state index in [-0.39, 0.29) is 16.7 Å². The minimum absolute atomic E-state index is 0.107. The highest BCUT2D eigenvalue weighted by Gasteiger charge is 2.23. The number of nitrogens with one attached hydrogen (secondary N) is 1. The number of para-hydroxylation sites is 1. The van der Waals surface area contributed by atoms with E-state index in [1.165, 1.54) is 5.56 Å². The van der Waals surface area contributed by atoms with Gasteiger partial charge < -0.3 is 10.1 Å². The van der Waals surface area contributed by atoms with E-state index in [0.717, 1.165) is 38.2 Å². The van der Waals surface area contributed by atoms with Crippen molar-refractivity contribution in [2.24, 2.45) is 0 Å². The molecule has 0 bridgehead atoms. The first-order valence-electron chi connectivity index (χ1n) is 8.61. The summed E-state index contributed by atoms with van der Waals surface area (Å²) in [7, 11) is 1.69. The number of nitrogens with zero attached hydrogens (tertiary/aromatic N) is 2. The third kappa shape index (κ3) is 4.53. The van der Waals surface area contributed by atoms with Gasteiger partial charge in [-0.25, -0.2) is 0 Å². The fraction of sp³-hybridized carbons (Fsp3) is 0.368. The van der Waals surface area contributed by atoms with Crippen LogP contribution in [0.15, 0.2) is 46.9 Å². The number of hydrogen-bond acceptors (Lipinski definition) is 5. The Balaban J connectivity index is 1.58. The standard InChI is InChI=1S/C19H22BrN3O3/c1-26-19-5-3-2-4-14(19)13-22-10-8-16(9-11-22)21-17-7-6-15(20)12-18(17)23(24)25/h2-7,12,16,21H,8-11,13H2,1H3. The largest absolute Gasteiger partial charge is 0.496 e. The molecule has 2 aromatic rings. The number of rotatable bonds is 6. The SMILES string of the molecule is COc1ccccc1CN1CCC(Nc2ccc(Br)cc2[N+](=O)[O-])CC1. The van der Waals surface area contributed by atoms with E-state index in [0.29, 0.717) is 10.2 Å². The highest BCUT2D eigenvalue weighted by atomic mass is 79.9. The van der Waals surface area contributed by atoms with Crippen molar-refractivity contribution in [3.05, 3.63) is 62.6 Å². The van der Waals surface area contributed by atoms with Gasteiger partial charge in [0.25, 0.3) is 5.69 Å². The van der Waals surface area contributed by atoms with E-state index in [9.17, 15) is 10.1 Å². The maximum absolute atomic E-state index is 11.3. The van der Waals surface area contributed by atoms with E-state index in [1.54, 1.807) is 19.2 Å². The third-order valence-corrected chi connectivity index (χ3v) is 5.18. The Bertz CT molecular complexity index is 776. The number of nitro groups is 1. The Labute approximate surface area is 161 Å². The number of anilines is 1. The van der Waals surface area contributed by atoms with Crippen molar-refractivity contribution in [2.45, 2.75) is 25.4 Å². The fourth-order valence-electron chi connectivity index (χ4n) is 3.31. The molecule has 0 saturated carbocycles. The highest BCUT2D eigenvalue weighted by Crippen LogP contribution is 2.30. The zero-order chi connectivity index (χ0) is 18.5. The molecule has 1 heterocycles. The van der Waals surface area contributed by atoms with Crippen molar-refractivity contribution in [2.75, 3.05) is 25.5 Å². The lowest BCUT2D eigenvalue weighted by Crippen LogP contribution is -2.38. The van der Waals surface area contributed by atoms with Crippen molar-refractivity contribution in [3.63, 3.8) is 0 Å². The first-order valence-corrected chi connectivity index (χ1v) is 9.41. The molecule has 0 aliphatic carbocycles. The van der Waals surface area contributed by atoms with Gasteiger partial charge >= 0.3 is 0 Å². The maximum Gasteiger partial charge on any atom is 0.293 e. The van der Waals surface area contributed by atoms with Gasteiger partial charge in [0.2, 0.25) is 0 Å². The molecule has 0 atom stereocenters. The molecule has 1 aliphatic rings. The maximum atomic E-state index is 11.3. The van der Waals surface area contributed by atoms with E-state index in [2.05, 4.69) is 32.2 Å². The summed E-state index contributed by atoms with van der Waals surface area (Å²) < 4.78 is 6.14. The Morgan fingerprint density at radius 3 is 2.69 bits per heavy atom. The van der Waals surface area contributed by atoms with Crippen LogP contribution in [-0.4, -0.2) is 36.1 Å². The summed E-state index contributed by atoms with van der Waals surface area (Å²) in [5.41, 5.74) is 1.88. The number of likely N-dealkylation sites (tertiary alicyclic amines) is 1. The molecule has 26 heavy (non-hydrogen) atoms. The third-order valence-electron chi connectivity index (χ3n) is 4.69. The Hall–Kier alpha value is -2.12. The summed E-state index contributed by atoms with van der Waals surface area (Å²) in [6.07, 6.45) is 1.89. The molecule has 138 valence electrons. The van der Waals surface area contributed by atoms with Crippen LogP contribution in [0.25, 0.3) is 0 Å². The van der Waals surface area contributed by atoms with E-state index >= 15 is 0 Å². The normalized spacial score (nSPS) is 15.6. The number of nitro benzene ring substituents is 1. The molecule has 7 heteroatoms. The van der Waals surface area contributed by atoms with Gasteiger partial charge in [-0.2, -0.15) is 0 Å². The molecule has 0 unspecified atom stereocenters. The van der Waals surface area contributed by atoms with Crippen molar-refractivity contribution < 1.29 is 9.66 Å². The smallest absolute Gasteiger partial charge is 0.293 e. The molecule has 0 radical (unpaired) electrons. The van der Waals surface area contributed by atoms with Gasteiger partial charge in [-0.1, -0.05) is 34.1 Å². The van der Waals surface area contributed by atoms with Crippen LogP contribution in [-0.2, 0) is 6.54 Å². The number of hydrogen-bond donors (Lipinski definition) is 1. The number of benzene rings is 2. The van der Waals surface area contributed by atoms with E-state index in [4.69, 9.17) is 4.74 Å². The first kappa shape index (κ1) is 18.7. The van der Waals surface area contributed by atoms with Crippen LogP contribution < -0.4 is 10.1 Å². The van der Waals surface area contributed by atoms with Crippen molar-refractivity contribution >= 4 is 27.3 Å². The van der Waals surface area contributed by atoms with E-state index in [1.807, 2.05) is 24.3 Å².